The number of anilines is 1. The Balaban J connectivity index is 1.76. The second-order valence-corrected chi connectivity index (χ2v) is 6.38. The predicted octanol–water partition coefficient (Wildman–Crippen LogP) is 4.49. The predicted molar refractivity (Wildman–Crippen MR) is 87.7 cm³/mol. The van der Waals surface area contributed by atoms with Gasteiger partial charge in [-0.2, -0.15) is 0 Å². The van der Waals surface area contributed by atoms with Crippen molar-refractivity contribution in [3.05, 3.63) is 68.7 Å². The Bertz CT molecular complexity index is 763. The van der Waals surface area contributed by atoms with E-state index in [0.29, 0.717) is 11.6 Å². The standard InChI is InChI=1S/C17H15ClN2O3/c18-11-3-1-10(2-4-11)16-13-7-8-23-17(13)14-9-12(20(21)22)5-6-15(14)19-16/h1-6,9,13,16-17,19H,7-8H2/t13-,16+,17-/m1/s1. The summed E-state index contributed by atoms with van der Waals surface area (Å²) in [4.78, 5) is 10.7. The van der Waals surface area contributed by atoms with Crippen molar-refractivity contribution < 1.29 is 9.66 Å². The fourth-order valence-electron chi connectivity index (χ4n) is 3.57. The lowest BCUT2D eigenvalue weighted by Gasteiger charge is -2.36. The molecule has 0 bridgehead atoms. The molecule has 0 saturated carbocycles. The quantitative estimate of drug-likeness (QED) is 0.650. The zero-order valence-corrected chi connectivity index (χ0v) is 13.0. The summed E-state index contributed by atoms with van der Waals surface area (Å²) in [5.74, 6) is 0.255. The number of fused-ring (bicyclic) bond motifs is 3. The molecule has 2 aliphatic heterocycles. The molecule has 2 aromatic rings. The highest BCUT2D eigenvalue weighted by Crippen LogP contribution is 2.50. The van der Waals surface area contributed by atoms with Crippen molar-refractivity contribution in [2.45, 2.75) is 18.6 Å². The van der Waals surface area contributed by atoms with Crippen molar-refractivity contribution >= 4 is 23.0 Å². The monoisotopic (exact) mass is 330 g/mol. The van der Waals surface area contributed by atoms with Gasteiger partial charge in [0.1, 0.15) is 0 Å². The summed E-state index contributed by atoms with van der Waals surface area (Å²) in [5, 5.41) is 15.3. The van der Waals surface area contributed by atoms with Crippen LogP contribution in [-0.4, -0.2) is 11.5 Å². The molecule has 0 aliphatic carbocycles. The molecule has 1 N–H and O–H groups in total. The number of hydrogen-bond acceptors (Lipinski definition) is 4. The molecule has 4 rings (SSSR count). The highest BCUT2D eigenvalue weighted by atomic mass is 35.5. The van der Waals surface area contributed by atoms with Crippen LogP contribution < -0.4 is 5.32 Å². The Morgan fingerprint density at radius 1 is 1.22 bits per heavy atom. The van der Waals surface area contributed by atoms with E-state index in [0.717, 1.165) is 23.2 Å². The molecule has 1 saturated heterocycles. The van der Waals surface area contributed by atoms with E-state index in [1.165, 1.54) is 6.07 Å². The first kappa shape index (κ1) is 14.5. The molecule has 1 fully saturated rings. The van der Waals surface area contributed by atoms with Crippen LogP contribution in [0.1, 0.15) is 29.7 Å². The van der Waals surface area contributed by atoms with E-state index in [1.54, 1.807) is 12.1 Å². The van der Waals surface area contributed by atoms with Gasteiger partial charge in [-0.05, 0) is 30.2 Å². The van der Waals surface area contributed by atoms with Crippen molar-refractivity contribution in [1.82, 2.24) is 0 Å². The molecule has 6 heteroatoms. The van der Waals surface area contributed by atoms with Gasteiger partial charge in [-0.3, -0.25) is 10.1 Å². The van der Waals surface area contributed by atoms with E-state index in [-0.39, 0.29) is 28.7 Å². The first-order chi connectivity index (χ1) is 11.1. The minimum absolute atomic E-state index is 0.102. The van der Waals surface area contributed by atoms with Crippen LogP contribution in [0.15, 0.2) is 42.5 Å². The fourth-order valence-corrected chi connectivity index (χ4v) is 3.70. The molecule has 2 heterocycles. The molecule has 2 aliphatic rings. The Morgan fingerprint density at radius 2 is 2.00 bits per heavy atom. The van der Waals surface area contributed by atoms with E-state index in [2.05, 4.69) is 5.32 Å². The van der Waals surface area contributed by atoms with Crippen LogP contribution in [-0.2, 0) is 4.74 Å². The van der Waals surface area contributed by atoms with Crippen LogP contribution in [0.3, 0.4) is 0 Å². The minimum atomic E-state index is -0.366. The highest BCUT2D eigenvalue weighted by Gasteiger charge is 2.42. The summed E-state index contributed by atoms with van der Waals surface area (Å²) in [6, 6.07) is 12.9. The van der Waals surface area contributed by atoms with Crippen LogP contribution in [0.4, 0.5) is 11.4 Å². The SMILES string of the molecule is O=[N+]([O-])c1ccc2c(c1)[C@@H]1OCC[C@@H]1[C@H](c1ccc(Cl)cc1)N2. The average molecular weight is 331 g/mol. The second kappa shape index (κ2) is 5.51. The minimum Gasteiger partial charge on any atom is -0.378 e. The molecule has 23 heavy (non-hydrogen) atoms. The number of non-ortho nitro benzene ring substituents is 1. The van der Waals surface area contributed by atoms with Crippen LogP contribution in [0.2, 0.25) is 5.02 Å². The molecule has 0 amide bonds. The maximum absolute atomic E-state index is 11.0. The first-order valence-corrected chi connectivity index (χ1v) is 7.93. The van der Waals surface area contributed by atoms with E-state index in [1.807, 2.05) is 24.3 Å². The molecule has 118 valence electrons. The van der Waals surface area contributed by atoms with Crippen molar-refractivity contribution in [3.8, 4) is 0 Å². The van der Waals surface area contributed by atoms with Gasteiger partial charge in [0, 0.05) is 40.9 Å². The fraction of sp³-hybridized carbons (Fsp3) is 0.294. The van der Waals surface area contributed by atoms with Gasteiger partial charge in [0.15, 0.2) is 0 Å². The summed E-state index contributed by atoms with van der Waals surface area (Å²) in [5.41, 5.74) is 3.04. The summed E-state index contributed by atoms with van der Waals surface area (Å²) >= 11 is 5.98. The van der Waals surface area contributed by atoms with Crippen molar-refractivity contribution in [1.29, 1.82) is 0 Å². The third-order valence-electron chi connectivity index (χ3n) is 4.66. The molecule has 0 radical (unpaired) electrons. The van der Waals surface area contributed by atoms with Gasteiger partial charge in [0.25, 0.3) is 5.69 Å². The van der Waals surface area contributed by atoms with E-state index in [9.17, 15) is 10.1 Å². The van der Waals surface area contributed by atoms with E-state index < -0.39 is 0 Å². The van der Waals surface area contributed by atoms with Crippen LogP contribution in [0, 0.1) is 16.0 Å². The lowest BCUT2D eigenvalue weighted by Crippen LogP contribution is -2.29. The Kier molecular flexibility index (Phi) is 3.47. The molecule has 5 nitrogen and oxygen atoms in total. The third kappa shape index (κ3) is 2.46. The Morgan fingerprint density at radius 3 is 2.74 bits per heavy atom. The van der Waals surface area contributed by atoms with Crippen LogP contribution >= 0.6 is 11.6 Å². The maximum atomic E-state index is 11.0. The molecule has 0 unspecified atom stereocenters. The number of benzene rings is 2. The van der Waals surface area contributed by atoms with Gasteiger partial charge in [0.05, 0.1) is 17.1 Å². The Hall–Kier alpha value is -2.11. The zero-order chi connectivity index (χ0) is 16.0. The zero-order valence-electron chi connectivity index (χ0n) is 12.2. The highest BCUT2D eigenvalue weighted by molar-refractivity contribution is 6.30. The summed E-state index contributed by atoms with van der Waals surface area (Å²) in [6.45, 7) is 0.670. The van der Waals surface area contributed by atoms with Crippen molar-refractivity contribution in [2.75, 3.05) is 11.9 Å². The van der Waals surface area contributed by atoms with Crippen molar-refractivity contribution in [2.24, 2.45) is 5.92 Å². The van der Waals surface area contributed by atoms with E-state index in [4.69, 9.17) is 16.3 Å². The first-order valence-electron chi connectivity index (χ1n) is 7.55. The molecule has 0 spiro atoms. The summed E-state index contributed by atoms with van der Waals surface area (Å²) < 4.78 is 5.90. The van der Waals surface area contributed by atoms with Gasteiger partial charge < -0.3 is 10.1 Å². The van der Waals surface area contributed by atoms with Gasteiger partial charge >= 0.3 is 0 Å². The van der Waals surface area contributed by atoms with E-state index >= 15 is 0 Å². The normalized spacial score (nSPS) is 25.3. The molecular weight excluding hydrogens is 316 g/mol. The number of hydrogen-bond donors (Lipinski definition) is 1. The molecule has 3 atom stereocenters. The summed E-state index contributed by atoms with van der Waals surface area (Å²) in [6.07, 6.45) is 0.819. The van der Waals surface area contributed by atoms with Crippen LogP contribution in [0.5, 0.6) is 0 Å². The Labute approximate surface area is 138 Å². The lowest BCUT2D eigenvalue weighted by atomic mass is 9.81. The lowest BCUT2D eigenvalue weighted by molar-refractivity contribution is -0.385. The number of halogens is 1. The summed E-state index contributed by atoms with van der Waals surface area (Å²) in [7, 11) is 0. The van der Waals surface area contributed by atoms with Gasteiger partial charge in [-0.1, -0.05) is 23.7 Å². The number of nitro groups is 1. The number of ether oxygens (including phenoxy) is 1. The molecular formula is C17H15ClN2O3. The number of nitrogens with zero attached hydrogens (tertiary/aromatic N) is 1. The maximum Gasteiger partial charge on any atom is 0.269 e. The number of rotatable bonds is 2. The average Bonchev–Trinajstić information content (AvgIpc) is 3.04. The molecule has 2 aromatic carbocycles. The topological polar surface area (TPSA) is 64.4 Å². The van der Waals surface area contributed by atoms with Gasteiger partial charge in [0.2, 0.25) is 0 Å². The number of nitrogens with one attached hydrogen (secondary N) is 1. The van der Waals surface area contributed by atoms with Crippen molar-refractivity contribution in [3.63, 3.8) is 0 Å². The van der Waals surface area contributed by atoms with Crippen LogP contribution in [0.25, 0.3) is 0 Å². The molecule has 0 aromatic heterocycles. The number of nitro benzene ring substituents is 1. The third-order valence-corrected chi connectivity index (χ3v) is 4.91. The largest absolute Gasteiger partial charge is 0.378 e. The van der Waals surface area contributed by atoms with Gasteiger partial charge in [-0.15, -0.1) is 0 Å². The van der Waals surface area contributed by atoms with Gasteiger partial charge in [-0.25, -0.2) is 0 Å². The smallest absolute Gasteiger partial charge is 0.269 e. The second-order valence-electron chi connectivity index (χ2n) is 5.95.